The minimum atomic E-state index is -4.82. The van der Waals surface area contributed by atoms with E-state index in [4.69, 9.17) is 4.74 Å². The van der Waals surface area contributed by atoms with E-state index in [1.807, 2.05) is 4.90 Å². The van der Waals surface area contributed by atoms with Gasteiger partial charge in [-0.25, -0.2) is 9.18 Å². The summed E-state index contributed by atoms with van der Waals surface area (Å²) in [5, 5.41) is 0. The molecule has 3 rings (SSSR count). The van der Waals surface area contributed by atoms with Crippen LogP contribution in [0.2, 0.25) is 0 Å². The van der Waals surface area contributed by atoms with Gasteiger partial charge in [0.05, 0.1) is 0 Å². The Balaban J connectivity index is 1.81. The van der Waals surface area contributed by atoms with Gasteiger partial charge in [-0.05, 0) is 56.5 Å². The molecule has 0 spiro atoms. The van der Waals surface area contributed by atoms with Gasteiger partial charge in [0.2, 0.25) is 0 Å². The third-order valence-electron chi connectivity index (χ3n) is 5.25. The number of carbonyl (C=O) groups is 1. The van der Waals surface area contributed by atoms with Crippen molar-refractivity contribution in [3.63, 3.8) is 0 Å². The van der Waals surface area contributed by atoms with Crippen LogP contribution in [-0.4, -0.2) is 54.0 Å². The molecule has 1 fully saturated rings. The summed E-state index contributed by atoms with van der Waals surface area (Å²) in [5.41, 5.74) is 0.390. The molecule has 2 aromatic rings. The SMILES string of the molecule is CC(C)(C)OC(=O)N1CCN(C(Cc2ccccc2OC(F)(F)F)c2cccc(F)c2)CC1. The maximum absolute atomic E-state index is 14.0. The van der Waals surface area contributed by atoms with Gasteiger partial charge >= 0.3 is 12.5 Å². The topological polar surface area (TPSA) is 42.0 Å². The molecular weight excluding hydrogens is 440 g/mol. The first-order chi connectivity index (χ1) is 15.4. The molecule has 0 aliphatic carbocycles. The van der Waals surface area contributed by atoms with Crippen LogP contribution in [0.25, 0.3) is 0 Å². The second-order valence-electron chi connectivity index (χ2n) is 8.93. The lowest BCUT2D eigenvalue weighted by molar-refractivity contribution is -0.274. The van der Waals surface area contributed by atoms with Crippen LogP contribution in [0.15, 0.2) is 48.5 Å². The number of para-hydroxylation sites is 1. The molecule has 0 N–H and O–H groups in total. The van der Waals surface area contributed by atoms with Crippen LogP contribution in [0.1, 0.15) is 37.9 Å². The fraction of sp³-hybridized carbons (Fsp3) is 0.458. The van der Waals surface area contributed by atoms with Crippen molar-refractivity contribution in [2.75, 3.05) is 26.2 Å². The van der Waals surface area contributed by atoms with Crippen molar-refractivity contribution < 1.29 is 31.8 Å². The zero-order chi connectivity index (χ0) is 24.2. The first-order valence-electron chi connectivity index (χ1n) is 10.7. The fourth-order valence-corrected chi connectivity index (χ4v) is 3.82. The third-order valence-corrected chi connectivity index (χ3v) is 5.25. The van der Waals surface area contributed by atoms with Gasteiger partial charge in [0.25, 0.3) is 0 Å². The number of piperazine rings is 1. The van der Waals surface area contributed by atoms with Crippen molar-refractivity contribution in [3.05, 3.63) is 65.5 Å². The van der Waals surface area contributed by atoms with Crippen molar-refractivity contribution in [1.82, 2.24) is 9.80 Å². The maximum Gasteiger partial charge on any atom is 0.573 e. The summed E-state index contributed by atoms with van der Waals surface area (Å²) in [6.45, 7) is 7.08. The summed E-state index contributed by atoms with van der Waals surface area (Å²) in [7, 11) is 0. The number of ether oxygens (including phenoxy) is 2. The number of nitrogens with zero attached hydrogens (tertiary/aromatic N) is 2. The van der Waals surface area contributed by atoms with E-state index in [0.29, 0.717) is 37.3 Å². The lowest BCUT2D eigenvalue weighted by Gasteiger charge is -2.40. The number of amides is 1. The van der Waals surface area contributed by atoms with E-state index in [0.717, 1.165) is 0 Å². The Morgan fingerprint density at radius 1 is 1.00 bits per heavy atom. The molecule has 0 aromatic heterocycles. The molecule has 9 heteroatoms. The average Bonchev–Trinajstić information content (AvgIpc) is 2.71. The Hall–Kier alpha value is -2.81. The number of hydrogen-bond donors (Lipinski definition) is 0. The maximum atomic E-state index is 14.0. The standard InChI is InChI=1S/C24H28F4N2O3/c1-23(2,3)33-22(31)30-13-11-29(12-14-30)20(17-8-6-9-19(25)15-17)16-18-7-4-5-10-21(18)32-24(26,27)28/h4-10,15,20H,11-14,16H2,1-3H3. The molecule has 1 atom stereocenters. The Labute approximate surface area is 190 Å². The zero-order valence-corrected chi connectivity index (χ0v) is 18.9. The van der Waals surface area contributed by atoms with E-state index in [-0.39, 0.29) is 12.2 Å². The summed E-state index contributed by atoms with van der Waals surface area (Å²) in [6, 6.07) is 11.6. The predicted molar refractivity (Wildman–Crippen MR) is 115 cm³/mol. The fourth-order valence-electron chi connectivity index (χ4n) is 3.82. The van der Waals surface area contributed by atoms with Crippen LogP contribution < -0.4 is 4.74 Å². The van der Waals surface area contributed by atoms with Gasteiger partial charge < -0.3 is 14.4 Å². The van der Waals surface area contributed by atoms with Gasteiger partial charge in [-0.3, -0.25) is 4.90 Å². The van der Waals surface area contributed by atoms with Crippen molar-refractivity contribution in [2.45, 2.75) is 45.2 Å². The molecular formula is C24H28F4N2O3. The van der Waals surface area contributed by atoms with Crippen LogP contribution >= 0.6 is 0 Å². The second-order valence-corrected chi connectivity index (χ2v) is 8.93. The molecule has 1 aliphatic rings. The molecule has 0 radical (unpaired) electrons. The third kappa shape index (κ3) is 7.35. The van der Waals surface area contributed by atoms with E-state index >= 15 is 0 Å². The van der Waals surface area contributed by atoms with Crippen molar-refractivity contribution >= 4 is 6.09 Å². The van der Waals surface area contributed by atoms with E-state index in [9.17, 15) is 22.4 Å². The van der Waals surface area contributed by atoms with E-state index in [2.05, 4.69) is 4.74 Å². The number of benzene rings is 2. The lowest BCUT2D eigenvalue weighted by Crippen LogP contribution is -2.51. The molecule has 0 saturated carbocycles. The molecule has 1 amide bonds. The molecule has 0 bridgehead atoms. The van der Waals surface area contributed by atoms with Gasteiger partial charge in [-0.1, -0.05) is 30.3 Å². The monoisotopic (exact) mass is 468 g/mol. The number of alkyl halides is 3. The highest BCUT2D eigenvalue weighted by Gasteiger charge is 2.34. The summed E-state index contributed by atoms with van der Waals surface area (Å²) in [4.78, 5) is 16.0. The van der Waals surface area contributed by atoms with E-state index in [1.165, 1.54) is 24.3 Å². The normalized spacial score (nSPS) is 16.4. The largest absolute Gasteiger partial charge is 0.573 e. The van der Waals surface area contributed by atoms with Gasteiger partial charge in [0, 0.05) is 32.2 Å². The molecule has 33 heavy (non-hydrogen) atoms. The van der Waals surface area contributed by atoms with Gasteiger partial charge in [0.1, 0.15) is 17.2 Å². The minimum absolute atomic E-state index is 0.183. The van der Waals surface area contributed by atoms with Gasteiger partial charge in [-0.2, -0.15) is 0 Å². The Morgan fingerprint density at radius 2 is 1.67 bits per heavy atom. The van der Waals surface area contributed by atoms with Crippen LogP contribution in [0.4, 0.5) is 22.4 Å². The van der Waals surface area contributed by atoms with Crippen LogP contribution in [0.3, 0.4) is 0 Å². The quantitative estimate of drug-likeness (QED) is 0.539. The minimum Gasteiger partial charge on any atom is -0.444 e. The smallest absolute Gasteiger partial charge is 0.444 e. The molecule has 2 aromatic carbocycles. The molecule has 1 heterocycles. The molecule has 1 unspecified atom stereocenters. The Morgan fingerprint density at radius 3 is 2.27 bits per heavy atom. The van der Waals surface area contributed by atoms with Crippen LogP contribution in [0, 0.1) is 5.82 Å². The van der Waals surface area contributed by atoms with Crippen molar-refractivity contribution in [2.24, 2.45) is 0 Å². The summed E-state index contributed by atoms with van der Waals surface area (Å²) in [6.07, 6.45) is -5.04. The first kappa shape index (κ1) is 24.8. The van der Waals surface area contributed by atoms with Crippen LogP contribution in [-0.2, 0) is 11.2 Å². The Bertz CT molecular complexity index is 951. The Kier molecular flexibility index (Phi) is 7.51. The molecule has 1 saturated heterocycles. The van der Waals surface area contributed by atoms with Crippen molar-refractivity contribution in [3.8, 4) is 5.75 Å². The number of carbonyl (C=O) groups excluding carboxylic acids is 1. The summed E-state index contributed by atoms with van der Waals surface area (Å²) < 4.78 is 62.3. The molecule has 5 nitrogen and oxygen atoms in total. The highest BCUT2D eigenvalue weighted by molar-refractivity contribution is 5.68. The van der Waals surface area contributed by atoms with Gasteiger partial charge in [0.15, 0.2) is 0 Å². The number of halogens is 4. The second kappa shape index (κ2) is 9.99. The summed E-state index contributed by atoms with van der Waals surface area (Å²) in [5.74, 6) is -0.705. The lowest BCUT2D eigenvalue weighted by atomic mass is 9.96. The summed E-state index contributed by atoms with van der Waals surface area (Å²) >= 11 is 0. The van der Waals surface area contributed by atoms with E-state index in [1.54, 1.807) is 49.9 Å². The molecule has 180 valence electrons. The first-order valence-corrected chi connectivity index (χ1v) is 10.7. The van der Waals surface area contributed by atoms with Crippen LogP contribution in [0.5, 0.6) is 5.75 Å². The number of hydrogen-bond acceptors (Lipinski definition) is 4. The van der Waals surface area contributed by atoms with E-state index < -0.39 is 29.9 Å². The van der Waals surface area contributed by atoms with Crippen molar-refractivity contribution in [1.29, 1.82) is 0 Å². The highest BCUT2D eigenvalue weighted by atomic mass is 19.4. The highest BCUT2D eigenvalue weighted by Crippen LogP contribution is 2.33. The number of rotatable bonds is 5. The zero-order valence-electron chi connectivity index (χ0n) is 18.9. The predicted octanol–water partition coefficient (Wildman–Crippen LogP) is 5.56. The average molecular weight is 468 g/mol. The van der Waals surface area contributed by atoms with Gasteiger partial charge in [-0.15, -0.1) is 13.2 Å². The molecule has 1 aliphatic heterocycles.